The number of hydrogen-bond donors (Lipinski definition) is 0. The topological polar surface area (TPSA) is 9.23 Å². The molecule has 0 radical (unpaired) electrons. The molecule has 0 saturated heterocycles. The molecule has 1 aliphatic rings. The summed E-state index contributed by atoms with van der Waals surface area (Å²) >= 11 is 0. The Hall–Kier alpha value is -1.87. The average molecular weight is 378 g/mol. The second kappa shape index (κ2) is 5.84. The second-order valence-electron chi connectivity index (χ2n) is 5.44. The Morgan fingerprint density at radius 1 is 1.04 bits per heavy atom. The first-order valence-electron chi connectivity index (χ1n) is 6.92. The van der Waals surface area contributed by atoms with E-state index in [2.05, 4.69) is 0 Å². The Bertz CT molecular complexity index is 678. The van der Waals surface area contributed by atoms with Gasteiger partial charge in [0.2, 0.25) is 0 Å². The molecule has 10 heteroatoms. The van der Waals surface area contributed by atoms with E-state index in [1.54, 1.807) is 0 Å². The van der Waals surface area contributed by atoms with Crippen LogP contribution in [0.3, 0.4) is 0 Å². The van der Waals surface area contributed by atoms with Gasteiger partial charge in [0.1, 0.15) is 5.75 Å². The summed E-state index contributed by atoms with van der Waals surface area (Å²) in [6, 6.07) is 1.32. The first kappa shape index (κ1) is 19.5. The van der Waals surface area contributed by atoms with Gasteiger partial charge in [-0.2, -0.15) is 30.7 Å². The maximum atomic E-state index is 13.7. The summed E-state index contributed by atoms with van der Waals surface area (Å²) in [6.07, 6.45) is -7.81. The Labute approximate surface area is 136 Å². The smallest absolute Gasteiger partial charge is 0.460 e. The number of benzene rings is 1. The third-order valence-electron chi connectivity index (χ3n) is 3.89. The van der Waals surface area contributed by atoms with Crippen molar-refractivity contribution in [3.05, 3.63) is 35.4 Å². The lowest BCUT2D eigenvalue weighted by molar-refractivity contribution is -0.359. The Morgan fingerprint density at radius 2 is 1.64 bits per heavy atom. The van der Waals surface area contributed by atoms with Gasteiger partial charge in [0.05, 0.1) is 0 Å². The first-order chi connectivity index (χ1) is 11.3. The largest absolute Gasteiger partial charge is 0.477 e. The van der Waals surface area contributed by atoms with Crippen molar-refractivity contribution in [2.45, 2.75) is 43.4 Å². The molecule has 1 unspecified atom stereocenters. The third-order valence-corrected chi connectivity index (χ3v) is 3.89. The van der Waals surface area contributed by atoms with Gasteiger partial charge >= 0.3 is 18.0 Å². The summed E-state index contributed by atoms with van der Waals surface area (Å²) in [4.78, 5) is 0. The summed E-state index contributed by atoms with van der Waals surface area (Å²) < 4.78 is 122. The van der Waals surface area contributed by atoms with E-state index in [0.717, 1.165) is 12.2 Å². The van der Waals surface area contributed by atoms with Crippen LogP contribution in [0.5, 0.6) is 5.75 Å². The number of alkyl halides is 9. The highest BCUT2D eigenvalue weighted by Gasteiger charge is 2.73. The number of fused-ring (bicyclic) bond motifs is 1. The fourth-order valence-corrected chi connectivity index (χ4v) is 2.26. The molecule has 0 fully saturated rings. The number of halogens is 9. The summed E-state index contributed by atoms with van der Waals surface area (Å²) in [5.74, 6) is -12.2. The molecule has 0 bridgehead atoms. The number of ether oxygens (including phenoxy) is 1. The monoisotopic (exact) mass is 378 g/mol. The fourth-order valence-electron chi connectivity index (χ4n) is 2.26. The lowest BCUT2D eigenvalue weighted by atomic mass is 9.93. The minimum atomic E-state index is -6.47. The zero-order valence-corrected chi connectivity index (χ0v) is 12.5. The maximum absolute atomic E-state index is 13.7. The highest BCUT2D eigenvalue weighted by molar-refractivity contribution is 5.62. The van der Waals surface area contributed by atoms with Gasteiger partial charge in [-0.1, -0.05) is 13.0 Å². The molecule has 1 nitrogen and oxygen atoms in total. The molecule has 1 aromatic rings. The highest BCUT2D eigenvalue weighted by Crippen LogP contribution is 2.52. The van der Waals surface area contributed by atoms with Crippen LogP contribution >= 0.6 is 0 Å². The Morgan fingerprint density at radius 3 is 2.12 bits per heavy atom. The van der Waals surface area contributed by atoms with E-state index in [-0.39, 0.29) is 17.7 Å². The van der Waals surface area contributed by atoms with Gasteiger partial charge in [0.15, 0.2) is 5.60 Å². The van der Waals surface area contributed by atoms with E-state index in [1.165, 1.54) is 6.92 Å². The average Bonchev–Trinajstić information content (AvgIpc) is 2.52. The SMILES string of the molecule is CCC1(C(F)F)C=Cc2cc(C(F)(F)C(F)(F)C(F)(F)F)ccc2O1. The molecule has 0 amide bonds. The molecule has 0 aliphatic carbocycles. The molecule has 140 valence electrons. The van der Waals surface area contributed by atoms with Gasteiger partial charge in [0.25, 0.3) is 6.43 Å². The van der Waals surface area contributed by atoms with Crippen molar-refractivity contribution in [2.75, 3.05) is 0 Å². The molecule has 0 spiro atoms. The first-order valence-corrected chi connectivity index (χ1v) is 6.92. The second-order valence-corrected chi connectivity index (χ2v) is 5.44. The predicted octanol–water partition coefficient (Wildman–Crippen LogP) is 5.80. The van der Waals surface area contributed by atoms with Crippen LogP contribution < -0.4 is 4.74 Å². The summed E-state index contributed by atoms with van der Waals surface area (Å²) in [5.41, 5.74) is -3.94. The van der Waals surface area contributed by atoms with Gasteiger partial charge in [-0.3, -0.25) is 0 Å². The van der Waals surface area contributed by atoms with Gasteiger partial charge in [-0.15, -0.1) is 0 Å². The Balaban J connectivity index is 2.46. The van der Waals surface area contributed by atoms with Gasteiger partial charge in [0, 0.05) is 11.1 Å². The van der Waals surface area contributed by atoms with E-state index in [0.29, 0.717) is 18.2 Å². The van der Waals surface area contributed by atoms with Crippen LogP contribution in [-0.4, -0.2) is 24.1 Å². The van der Waals surface area contributed by atoms with Crippen LogP contribution in [0.15, 0.2) is 24.3 Å². The van der Waals surface area contributed by atoms with Crippen molar-refractivity contribution in [1.29, 1.82) is 0 Å². The van der Waals surface area contributed by atoms with Crippen molar-refractivity contribution in [3.8, 4) is 5.75 Å². The van der Waals surface area contributed by atoms with Crippen molar-refractivity contribution in [2.24, 2.45) is 0 Å². The highest BCUT2D eigenvalue weighted by atomic mass is 19.4. The zero-order valence-electron chi connectivity index (χ0n) is 12.5. The Kier molecular flexibility index (Phi) is 4.55. The van der Waals surface area contributed by atoms with E-state index < -0.39 is 35.6 Å². The predicted molar refractivity (Wildman–Crippen MR) is 70.0 cm³/mol. The van der Waals surface area contributed by atoms with Crippen LogP contribution in [0.4, 0.5) is 39.5 Å². The van der Waals surface area contributed by atoms with Crippen molar-refractivity contribution >= 4 is 6.08 Å². The van der Waals surface area contributed by atoms with Gasteiger partial charge < -0.3 is 4.74 Å². The van der Waals surface area contributed by atoms with Crippen LogP contribution in [-0.2, 0) is 5.92 Å². The van der Waals surface area contributed by atoms with Crippen LogP contribution in [0, 0.1) is 0 Å². The molecule has 1 heterocycles. The lowest BCUT2D eigenvalue weighted by Gasteiger charge is -2.34. The van der Waals surface area contributed by atoms with E-state index in [4.69, 9.17) is 4.74 Å². The lowest BCUT2D eigenvalue weighted by Crippen LogP contribution is -2.50. The van der Waals surface area contributed by atoms with Crippen LogP contribution in [0.1, 0.15) is 24.5 Å². The van der Waals surface area contributed by atoms with Crippen molar-refractivity contribution in [1.82, 2.24) is 0 Å². The van der Waals surface area contributed by atoms with Crippen LogP contribution in [0.2, 0.25) is 0 Å². The molecule has 2 rings (SSSR count). The summed E-state index contributed by atoms with van der Waals surface area (Å²) in [7, 11) is 0. The summed E-state index contributed by atoms with van der Waals surface area (Å²) in [6.45, 7) is 1.38. The van der Waals surface area contributed by atoms with E-state index >= 15 is 0 Å². The quantitative estimate of drug-likeness (QED) is 0.602. The van der Waals surface area contributed by atoms with Gasteiger partial charge in [-0.05, 0) is 30.7 Å². The fraction of sp³-hybridized carbons (Fsp3) is 0.467. The molecule has 1 aliphatic heterocycles. The summed E-state index contributed by atoms with van der Waals surface area (Å²) in [5, 5.41) is 0. The number of rotatable bonds is 4. The molecule has 1 aromatic carbocycles. The van der Waals surface area contributed by atoms with Gasteiger partial charge in [-0.25, -0.2) is 8.78 Å². The normalized spacial score (nSPS) is 21.2. The molecule has 0 aromatic heterocycles. The molecule has 0 saturated carbocycles. The van der Waals surface area contributed by atoms with Crippen molar-refractivity contribution < 1.29 is 44.3 Å². The van der Waals surface area contributed by atoms with Crippen molar-refractivity contribution in [3.63, 3.8) is 0 Å². The van der Waals surface area contributed by atoms with E-state index in [1.807, 2.05) is 0 Å². The zero-order chi connectivity index (χ0) is 19.3. The maximum Gasteiger partial charge on any atom is 0.460 e. The minimum absolute atomic E-state index is 0.176. The number of hydrogen-bond acceptors (Lipinski definition) is 1. The van der Waals surface area contributed by atoms with E-state index in [9.17, 15) is 39.5 Å². The molecular weight excluding hydrogens is 367 g/mol. The standard InChI is InChI=1S/C15H11F9O/c1-2-12(11(16)17)6-5-8-7-9(3-4-10(8)25-12)13(18,19)14(20,21)15(22,23)24/h3-7,11H,2H2,1H3. The molecular formula is C15H11F9O. The molecule has 25 heavy (non-hydrogen) atoms. The third kappa shape index (κ3) is 2.95. The molecule has 1 atom stereocenters. The minimum Gasteiger partial charge on any atom is -0.477 e. The van der Waals surface area contributed by atoms with Crippen LogP contribution in [0.25, 0.3) is 6.08 Å². The molecule has 0 N–H and O–H groups in total.